The van der Waals surface area contributed by atoms with E-state index >= 15 is 0 Å². The molecule has 0 atom stereocenters. The van der Waals surface area contributed by atoms with Crippen molar-refractivity contribution >= 4 is 18.4 Å². The molecule has 0 aromatic heterocycles. The van der Waals surface area contributed by atoms with Crippen LogP contribution in [0, 0.1) is 0 Å². The van der Waals surface area contributed by atoms with E-state index in [0.29, 0.717) is 0 Å². The Labute approximate surface area is 59.9 Å². The van der Waals surface area contributed by atoms with Crippen LogP contribution in [0.5, 0.6) is 0 Å². The smallest absolute Gasteiger partial charge is 0.308 e. The fraction of sp³-hybridized carbons (Fsp3) is 0.750. The molecule has 0 aromatic carbocycles. The summed E-state index contributed by atoms with van der Waals surface area (Å²) in [7, 11) is 1.30. The van der Waals surface area contributed by atoms with Gasteiger partial charge in [-0.05, 0) is 0 Å². The maximum Gasteiger partial charge on any atom is 0.308 e. The van der Waals surface area contributed by atoms with Gasteiger partial charge in [0.05, 0.1) is 19.7 Å². The van der Waals surface area contributed by atoms with Crippen molar-refractivity contribution in [1.29, 1.82) is 0 Å². The second kappa shape index (κ2) is 5.81. The van der Waals surface area contributed by atoms with Gasteiger partial charge < -0.3 is 16.2 Å². The molecule has 0 saturated heterocycles. The summed E-state index contributed by atoms with van der Waals surface area (Å²) >= 11 is 0. The molecule has 56 valence electrons. The van der Waals surface area contributed by atoms with Gasteiger partial charge in [0.15, 0.2) is 0 Å². The lowest BCUT2D eigenvalue weighted by atomic mass is 10.4. The van der Waals surface area contributed by atoms with E-state index in [4.69, 9.17) is 11.5 Å². The van der Waals surface area contributed by atoms with Crippen LogP contribution >= 0.6 is 12.4 Å². The first-order valence-electron chi connectivity index (χ1n) is 2.24. The average molecular weight is 155 g/mol. The van der Waals surface area contributed by atoms with Crippen LogP contribution in [-0.4, -0.2) is 19.2 Å². The molecule has 0 unspecified atom stereocenters. The molecule has 0 aliphatic rings. The van der Waals surface area contributed by atoms with Crippen molar-refractivity contribution in [1.82, 2.24) is 0 Å². The third-order valence-corrected chi connectivity index (χ3v) is 0.630. The molecule has 5 heteroatoms. The number of rotatable bonds is 2. The first-order valence-corrected chi connectivity index (χ1v) is 2.24. The summed E-state index contributed by atoms with van der Waals surface area (Å²) in [5, 5.41) is 0. The van der Waals surface area contributed by atoms with Gasteiger partial charge in [-0.15, -0.1) is 12.4 Å². The monoisotopic (exact) mass is 154 g/mol. The molecule has 0 saturated carbocycles. The topological polar surface area (TPSA) is 78.3 Å². The van der Waals surface area contributed by atoms with Gasteiger partial charge in [-0.25, -0.2) is 0 Å². The van der Waals surface area contributed by atoms with Gasteiger partial charge in [-0.1, -0.05) is 0 Å². The van der Waals surface area contributed by atoms with Crippen LogP contribution in [0.15, 0.2) is 0 Å². The summed E-state index contributed by atoms with van der Waals surface area (Å²) in [6.07, 6.45) is -0.515. The quantitative estimate of drug-likeness (QED) is 0.404. The van der Waals surface area contributed by atoms with Crippen molar-refractivity contribution < 1.29 is 9.53 Å². The Hall–Kier alpha value is -0.320. The molecule has 0 aliphatic heterocycles. The summed E-state index contributed by atoms with van der Waals surface area (Å²) in [5.74, 6) is -0.375. The number of esters is 1. The SMILES string of the molecule is COC(=O)CC(N)N.Cl. The van der Waals surface area contributed by atoms with Crippen LogP contribution in [0.1, 0.15) is 6.42 Å². The van der Waals surface area contributed by atoms with E-state index < -0.39 is 6.17 Å². The standard InChI is InChI=1S/C4H10N2O2.ClH/c1-8-4(7)2-3(5)6;/h3H,2,5-6H2,1H3;1H. The Bertz CT molecular complexity index is 86.6. The fourth-order valence-corrected chi connectivity index (χ4v) is 0.276. The average Bonchev–Trinajstić information content (AvgIpc) is 1.65. The molecule has 0 aliphatic carbocycles. The van der Waals surface area contributed by atoms with Gasteiger partial charge in [0.2, 0.25) is 0 Å². The molecule has 4 nitrogen and oxygen atoms in total. The second-order valence-corrected chi connectivity index (χ2v) is 1.44. The predicted octanol–water partition coefficient (Wildman–Crippen LogP) is -0.785. The minimum Gasteiger partial charge on any atom is -0.469 e. The van der Waals surface area contributed by atoms with Crippen molar-refractivity contribution in [3.05, 3.63) is 0 Å². The molecule has 0 spiro atoms. The maximum absolute atomic E-state index is 10.2. The molecule has 0 amide bonds. The number of halogens is 1. The molecule has 0 aromatic rings. The van der Waals surface area contributed by atoms with Gasteiger partial charge in [0, 0.05) is 0 Å². The van der Waals surface area contributed by atoms with Crippen molar-refractivity contribution in [3.63, 3.8) is 0 Å². The second-order valence-electron chi connectivity index (χ2n) is 1.44. The largest absolute Gasteiger partial charge is 0.469 e. The minimum absolute atomic E-state index is 0. The Balaban J connectivity index is 0. The maximum atomic E-state index is 10.2. The molecule has 9 heavy (non-hydrogen) atoms. The van der Waals surface area contributed by atoms with E-state index in [-0.39, 0.29) is 24.8 Å². The number of nitrogens with two attached hydrogens (primary N) is 2. The Morgan fingerprint density at radius 3 is 2.22 bits per heavy atom. The van der Waals surface area contributed by atoms with Crippen LogP contribution in [0.3, 0.4) is 0 Å². The fourth-order valence-electron chi connectivity index (χ4n) is 0.276. The zero-order chi connectivity index (χ0) is 6.57. The highest BCUT2D eigenvalue weighted by atomic mass is 35.5. The molecule has 0 radical (unpaired) electrons. The van der Waals surface area contributed by atoms with Gasteiger partial charge in [-0.2, -0.15) is 0 Å². The molecule has 0 bridgehead atoms. The van der Waals surface area contributed by atoms with E-state index in [1.165, 1.54) is 7.11 Å². The van der Waals surface area contributed by atoms with Crippen LogP contribution in [0.25, 0.3) is 0 Å². The third-order valence-electron chi connectivity index (χ3n) is 0.630. The predicted molar refractivity (Wildman–Crippen MR) is 36.0 cm³/mol. The van der Waals surface area contributed by atoms with E-state index in [1.807, 2.05) is 0 Å². The number of carbonyl (C=O) groups excluding carboxylic acids is 1. The lowest BCUT2D eigenvalue weighted by Gasteiger charge is -2.00. The number of ether oxygens (including phenoxy) is 1. The number of hydrogen-bond donors (Lipinski definition) is 2. The van der Waals surface area contributed by atoms with E-state index in [0.717, 1.165) is 0 Å². The molecule has 0 fully saturated rings. The van der Waals surface area contributed by atoms with Crippen LogP contribution in [0.4, 0.5) is 0 Å². The summed E-state index contributed by atoms with van der Waals surface area (Å²) in [6, 6.07) is 0. The summed E-state index contributed by atoms with van der Waals surface area (Å²) in [5.41, 5.74) is 10.1. The lowest BCUT2D eigenvalue weighted by molar-refractivity contribution is -0.140. The third kappa shape index (κ3) is 7.68. The Morgan fingerprint density at radius 2 is 2.11 bits per heavy atom. The van der Waals surface area contributed by atoms with Crippen LogP contribution in [-0.2, 0) is 9.53 Å². The van der Waals surface area contributed by atoms with E-state index in [9.17, 15) is 4.79 Å². The zero-order valence-corrected chi connectivity index (χ0v) is 5.98. The number of methoxy groups -OCH3 is 1. The highest BCUT2D eigenvalue weighted by Gasteiger charge is 2.02. The van der Waals surface area contributed by atoms with Gasteiger partial charge in [0.1, 0.15) is 0 Å². The first kappa shape index (κ1) is 11.5. The van der Waals surface area contributed by atoms with Crippen molar-refractivity contribution in [2.75, 3.05) is 7.11 Å². The zero-order valence-electron chi connectivity index (χ0n) is 5.16. The summed E-state index contributed by atoms with van der Waals surface area (Å²) in [4.78, 5) is 10.2. The minimum atomic E-state index is -0.595. The van der Waals surface area contributed by atoms with Crippen LogP contribution < -0.4 is 11.5 Å². The first-order chi connectivity index (χ1) is 3.66. The highest BCUT2D eigenvalue weighted by Crippen LogP contribution is 1.81. The number of hydrogen-bond acceptors (Lipinski definition) is 4. The van der Waals surface area contributed by atoms with Crippen molar-refractivity contribution in [2.45, 2.75) is 12.6 Å². The molecule has 0 heterocycles. The highest BCUT2D eigenvalue weighted by molar-refractivity contribution is 5.85. The molecular formula is C4H11ClN2O2. The normalized spacial score (nSPS) is 8.44. The number of carbonyl (C=O) groups is 1. The van der Waals surface area contributed by atoms with Crippen molar-refractivity contribution in [2.24, 2.45) is 11.5 Å². The lowest BCUT2D eigenvalue weighted by Crippen LogP contribution is -2.33. The Morgan fingerprint density at radius 1 is 1.67 bits per heavy atom. The molecular weight excluding hydrogens is 144 g/mol. The van der Waals surface area contributed by atoms with E-state index in [2.05, 4.69) is 4.74 Å². The molecule has 0 rings (SSSR count). The van der Waals surface area contributed by atoms with Crippen molar-refractivity contribution in [3.8, 4) is 0 Å². The van der Waals surface area contributed by atoms with Gasteiger partial charge in [0.25, 0.3) is 0 Å². The van der Waals surface area contributed by atoms with Crippen LogP contribution in [0.2, 0.25) is 0 Å². The summed E-state index contributed by atoms with van der Waals surface area (Å²) in [6.45, 7) is 0. The van der Waals surface area contributed by atoms with Gasteiger partial charge >= 0.3 is 5.97 Å². The molecule has 4 N–H and O–H groups in total. The summed E-state index contributed by atoms with van der Waals surface area (Å²) < 4.78 is 4.26. The van der Waals surface area contributed by atoms with E-state index in [1.54, 1.807) is 0 Å². The Kier molecular flexibility index (Phi) is 7.41. The van der Waals surface area contributed by atoms with Gasteiger partial charge in [-0.3, -0.25) is 4.79 Å².